The summed E-state index contributed by atoms with van der Waals surface area (Å²) in [4.78, 5) is 11.3. The summed E-state index contributed by atoms with van der Waals surface area (Å²) in [6.07, 6.45) is 6.49. The quantitative estimate of drug-likeness (QED) is 0.775. The molecule has 1 aliphatic rings. The highest BCUT2D eigenvalue weighted by Crippen LogP contribution is 2.18. The van der Waals surface area contributed by atoms with Gasteiger partial charge in [0.05, 0.1) is 12.6 Å². The van der Waals surface area contributed by atoms with Gasteiger partial charge in [-0.15, -0.1) is 0 Å². The Balaban J connectivity index is 1.68. The summed E-state index contributed by atoms with van der Waals surface area (Å²) >= 11 is 0. The van der Waals surface area contributed by atoms with Gasteiger partial charge in [-0.1, -0.05) is 13.8 Å². The second-order valence-corrected chi connectivity index (χ2v) is 6.92. The summed E-state index contributed by atoms with van der Waals surface area (Å²) < 4.78 is 11.6. The number of aromatic nitrogens is 2. The van der Waals surface area contributed by atoms with Gasteiger partial charge in [0.15, 0.2) is 0 Å². The zero-order valence-corrected chi connectivity index (χ0v) is 14.9. The van der Waals surface area contributed by atoms with Crippen molar-refractivity contribution in [1.29, 1.82) is 0 Å². The molecule has 0 aliphatic carbocycles. The Hall–Kier alpha value is -1.72. The summed E-state index contributed by atoms with van der Waals surface area (Å²) in [6.45, 7) is 9.57. The van der Waals surface area contributed by atoms with Crippen LogP contribution < -0.4 is 0 Å². The van der Waals surface area contributed by atoms with Gasteiger partial charge in [-0.25, -0.2) is 9.97 Å². The molecule has 130 valence electrons. The van der Waals surface area contributed by atoms with Gasteiger partial charge in [0.25, 0.3) is 0 Å². The number of nitrogens with zero attached hydrogens (tertiary/aromatic N) is 3. The standard InChI is InChI=1S/C19H27N3O2/c1-14(2)19-20-9-16(10-21-19)11-22(12-17-5-4-8-23-17)13-18-7-6-15(3)24-18/h6-7,9-10,14,17H,4-5,8,11-13H2,1-3H3. The van der Waals surface area contributed by atoms with Crippen molar-refractivity contribution in [2.45, 2.75) is 58.7 Å². The molecule has 24 heavy (non-hydrogen) atoms. The molecule has 1 atom stereocenters. The molecule has 1 saturated heterocycles. The van der Waals surface area contributed by atoms with E-state index >= 15 is 0 Å². The van der Waals surface area contributed by atoms with E-state index in [0.717, 1.165) is 62.0 Å². The smallest absolute Gasteiger partial charge is 0.130 e. The van der Waals surface area contributed by atoms with Crippen LogP contribution in [0.25, 0.3) is 0 Å². The molecule has 0 radical (unpaired) electrons. The normalized spacial score (nSPS) is 18.0. The van der Waals surface area contributed by atoms with E-state index < -0.39 is 0 Å². The Morgan fingerprint density at radius 3 is 2.58 bits per heavy atom. The van der Waals surface area contributed by atoms with Crippen LogP contribution in [0.15, 0.2) is 28.9 Å². The topological polar surface area (TPSA) is 51.4 Å². The van der Waals surface area contributed by atoms with E-state index in [1.807, 2.05) is 25.4 Å². The van der Waals surface area contributed by atoms with E-state index in [9.17, 15) is 0 Å². The van der Waals surface area contributed by atoms with E-state index in [1.165, 1.54) is 0 Å². The molecular weight excluding hydrogens is 302 g/mol. The number of aryl methyl sites for hydroxylation is 1. The first-order valence-electron chi connectivity index (χ1n) is 8.80. The highest BCUT2D eigenvalue weighted by molar-refractivity contribution is 5.09. The van der Waals surface area contributed by atoms with E-state index in [1.54, 1.807) is 0 Å². The number of rotatable bonds is 7. The van der Waals surface area contributed by atoms with Crippen LogP contribution in [0.5, 0.6) is 0 Å². The molecule has 0 aromatic carbocycles. The van der Waals surface area contributed by atoms with Crippen molar-refractivity contribution in [2.75, 3.05) is 13.2 Å². The summed E-state index contributed by atoms with van der Waals surface area (Å²) in [5.74, 6) is 3.19. The number of hydrogen-bond acceptors (Lipinski definition) is 5. The van der Waals surface area contributed by atoms with Crippen LogP contribution in [0.4, 0.5) is 0 Å². The van der Waals surface area contributed by atoms with Crippen LogP contribution in [0.1, 0.15) is 55.5 Å². The third-order valence-corrected chi connectivity index (χ3v) is 4.31. The molecular formula is C19H27N3O2. The summed E-state index contributed by atoms with van der Waals surface area (Å²) in [7, 11) is 0. The van der Waals surface area contributed by atoms with E-state index in [4.69, 9.17) is 9.15 Å². The van der Waals surface area contributed by atoms with Gasteiger partial charge in [-0.3, -0.25) is 4.90 Å². The average molecular weight is 329 g/mol. The largest absolute Gasteiger partial charge is 0.465 e. The highest BCUT2D eigenvalue weighted by Gasteiger charge is 2.20. The summed E-state index contributed by atoms with van der Waals surface area (Å²) in [6, 6.07) is 4.07. The second-order valence-electron chi connectivity index (χ2n) is 6.92. The fourth-order valence-corrected chi connectivity index (χ4v) is 3.05. The predicted octanol–water partition coefficient (Wildman–Crippen LogP) is 3.68. The molecule has 0 amide bonds. The van der Waals surface area contributed by atoms with Crippen LogP contribution in [0.3, 0.4) is 0 Å². The van der Waals surface area contributed by atoms with E-state index in [-0.39, 0.29) is 0 Å². The number of furan rings is 1. The second kappa shape index (κ2) is 7.90. The first-order valence-corrected chi connectivity index (χ1v) is 8.80. The van der Waals surface area contributed by atoms with Crippen molar-refractivity contribution in [3.05, 3.63) is 47.4 Å². The lowest BCUT2D eigenvalue weighted by Crippen LogP contribution is -2.31. The monoisotopic (exact) mass is 329 g/mol. The molecule has 1 fully saturated rings. The maximum Gasteiger partial charge on any atom is 0.130 e. The minimum absolute atomic E-state index is 0.317. The van der Waals surface area contributed by atoms with Crippen molar-refractivity contribution >= 4 is 0 Å². The minimum Gasteiger partial charge on any atom is -0.465 e. The third-order valence-electron chi connectivity index (χ3n) is 4.31. The Bertz CT molecular complexity index is 630. The van der Waals surface area contributed by atoms with E-state index in [0.29, 0.717) is 12.0 Å². The maximum absolute atomic E-state index is 5.81. The molecule has 2 aromatic heterocycles. The van der Waals surface area contributed by atoms with Crippen molar-refractivity contribution in [3.63, 3.8) is 0 Å². The average Bonchev–Trinajstić information content (AvgIpc) is 3.20. The maximum atomic E-state index is 5.81. The lowest BCUT2D eigenvalue weighted by Gasteiger charge is -2.24. The van der Waals surface area contributed by atoms with Crippen molar-refractivity contribution in [3.8, 4) is 0 Å². The first kappa shape index (κ1) is 17.1. The molecule has 2 aromatic rings. The molecule has 0 spiro atoms. The molecule has 0 bridgehead atoms. The van der Waals surface area contributed by atoms with Gasteiger partial charge in [0.2, 0.25) is 0 Å². The molecule has 3 rings (SSSR count). The molecule has 5 heteroatoms. The Morgan fingerprint density at radius 1 is 1.21 bits per heavy atom. The lowest BCUT2D eigenvalue weighted by molar-refractivity contribution is 0.0653. The summed E-state index contributed by atoms with van der Waals surface area (Å²) in [5, 5.41) is 0. The van der Waals surface area contributed by atoms with Gasteiger partial charge in [0, 0.05) is 43.6 Å². The van der Waals surface area contributed by atoms with Crippen LogP contribution in [-0.4, -0.2) is 34.1 Å². The molecule has 1 unspecified atom stereocenters. The minimum atomic E-state index is 0.317. The SMILES string of the molecule is Cc1ccc(CN(Cc2cnc(C(C)C)nc2)CC2CCCO2)o1. The fourth-order valence-electron chi connectivity index (χ4n) is 3.05. The first-order chi connectivity index (χ1) is 11.6. The summed E-state index contributed by atoms with van der Waals surface area (Å²) in [5.41, 5.74) is 1.13. The van der Waals surface area contributed by atoms with Gasteiger partial charge in [-0.05, 0) is 31.9 Å². The van der Waals surface area contributed by atoms with Gasteiger partial charge in [-0.2, -0.15) is 0 Å². The van der Waals surface area contributed by atoms with Gasteiger partial charge >= 0.3 is 0 Å². The zero-order valence-electron chi connectivity index (χ0n) is 14.9. The Morgan fingerprint density at radius 2 is 2.00 bits per heavy atom. The van der Waals surface area contributed by atoms with Crippen LogP contribution in [0, 0.1) is 6.92 Å². The van der Waals surface area contributed by atoms with Gasteiger partial charge in [0.1, 0.15) is 17.3 Å². The molecule has 1 aliphatic heterocycles. The number of ether oxygens (including phenoxy) is 1. The molecule has 0 saturated carbocycles. The third kappa shape index (κ3) is 4.65. The van der Waals surface area contributed by atoms with Crippen LogP contribution in [-0.2, 0) is 17.8 Å². The molecule has 3 heterocycles. The highest BCUT2D eigenvalue weighted by atomic mass is 16.5. The van der Waals surface area contributed by atoms with Gasteiger partial charge < -0.3 is 9.15 Å². The number of hydrogen-bond donors (Lipinski definition) is 0. The van der Waals surface area contributed by atoms with E-state index in [2.05, 4.69) is 34.8 Å². The van der Waals surface area contributed by atoms with Crippen molar-refractivity contribution in [2.24, 2.45) is 0 Å². The lowest BCUT2D eigenvalue weighted by atomic mass is 10.2. The van der Waals surface area contributed by atoms with Crippen molar-refractivity contribution < 1.29 is 9.15 Å². The Kier molecular flexibility index (Phi) is 5.63. The molecule has 5 nitrogen and oxygen atoms in total. The predicted molar refractivity (Wildman–Crippen MR) is 92.7 cm³/mol. The Labute approximate surface area is 144 Å². The fraction of sp³-hybridized carbons (Fsp3) is 0.579. The van der Waals surface area contributed by atoms with Crippen LogP contribution in [0.2, 0.25) is 0 Å². The van der Waals surface area contributed by atoms with Crippen LogP contribution >= 0.6 is 0 Å². The zero-order chi connectivity index (χ0) is 16.9. The molecule has 0 N–H and O–H groups in total. The van der Waals surface area contributed by atoms with Crippen molar-refractivity contribution in [1.82, 2.24) is 14.9 Å².